The fraction of sp³-hybridized carbons (Fsp3) is 0.484. The number of piperidine rings is 1. The zero-order valence-corrected chi connectivity index (χ0v) is 25.1. The first-order chi connectivity index (χ1) is 18.9. The molecule has 8 nitrogen and oxygen atoms in total. The molecule has 1 aliphatic heterocycles. The minimum Gasteiger partial charge on any atom is -0.481 e. The molecule has 0 radical (unpaired) electrons. The van der Waals surface area contributed by atoms with Crippen LogP contribution in [-0.4, -0.2) is 45.7 Å². The van der Waals surface area contributed by atoms with Crippen molar-refractivity contribution in [3.63, 3.8) is 0 Å². The highest BCUT2D eigenvalue weighted by Gasteiger charge is 2.40. The van der Waals surface area contributed by atoms with Crippen molar-refractivity contribution in [1.82, 2.24) is 14.5 Å². The van der Waals surface area contributed by atoms with Crippen LogP contribution in [0.25, 0.3) is 0 Å². The lowest BCUT2D eigenvalue weighted by molar-refractivity contribution is -0.147. The summed E-state index contributed by atoms with van der Waals surface area (Å²) in [4.78, 5) is 19.7. The van der Waals surface area contributed by atoms with Crippen molar-refractivity contribution in [2.45, 2.75) is 66.0 Å². The second kappa shape index (κ2) is 12.2. The highest BCUT2D eigenvalue weighted by atomic mass is 35.5. The van der Waals surface area contributed by atoms with Crippen LogP contribution in [0.4, 0.5) is 11.4 Å². The number of rotatable bonds is 10. The summed E-state index contributed by atoms with van der Waals surface area (Å²) in [5, 5.41) is 12.4. The SMILES string of the molecule is CCC1CCN(Cc2nccn2Cc2cc([C@H](c3ccc(N(C)N)c(N)c3C)C(C)(C)C(=O)O)ccc2Cl)CC1. The Labute approximate surface area is 242 Å². The molecule has 1 fully saturated rings. The van der Waals surface area contributed by atoms with Gasteiger partial charge in [-0.15, -0.1) is 0 Å². The number of hydrogen-bond acceptors (Lipinski definition) is 6. The molecule has 1 aliphatic rings. The van der Waals surface area contributed by atoms with Crippen molar-refractivity contribution in [2.75, 3.05) is 30.9 Å². The second-order valence-electron chi connectivity index (χ2n) is 11.7. The number of halogens is 1. The van der Waals surface area contributed by atoms with Gasteiger partial charge in [0.25, 0.3) is 0 Å². The van der Waals surface area contributed by atoms with Gasteiger partial charge in [0.05, 0.1) is 29.9 Å². The predicted octanol–water partition coefficient (Wildman–Crippen LogP) is 5.65. The summed E-state index contributed by atoms with van der Waals surface area (Å²) in [7, 11) is 1.73. The van der Waals surface area contributed by atoms with Crippen molar-refractivity contribution < 1.29 is 9.90 Å². The minimum atomic E-state index is -1.12. The van der Waals surface area contributed by atoms with Crippen molar-refractivity contribution in [1.29, 1.82) is 0 Å². The standard InChI is InChI=1S/C31H43ClN6O2/c1-6-21-11-14-37(15-12-21)19-27-35-13-16-38(27)18-23-17-22(7-9-25(23)32)28(31(3,4)30(39)40)24-8-10-26(36(5)34)29(33)20(24)2/h7-10,13,16-17,21,28H,6,11-12,14-15,18-19,33-34H2,1-5H3,(H,39,40)/t28-/m1/s1. The van der Waals surface area contributed by atoms with Crippen LogP contribution in [-0.2, 0) is 17.9 Å². The van der Waals surface area contributed by atoms with E-state index in [0.29, 0.717) is 22.9 Å². The fourth-order valence-corrected chi connectivity index (χ4v) is 6.10. The Hall–Kier alpha value is -3.07. The third kappa shape index (κ3) is 6.14. The lowest BCUT2D eigenvalue weighted by Gasteiger charge is -2.34. The van der Waals surface area contributed by atoms with Crippen LogP contribution in [0.2, 0.25) is 5.02 Å². The van der Waals surface area contributed by atoms with Gasteiger partial charge in [-0.2, -0.15) is 0 Å². The number of nitrogens with zero attached hydrogens (tertiary/aromatic N) is 4. The number of anilines is 2. The maximum Gasteiger partial charge on any atom is 0.310 e. The van der Waals surface area contributed by atoms with Gasteiger partial charge in [0.1, 0.15) is 5.82 Å². The first-order valence-electron chi connectivity index (χ1n) is 14.0. The number of carboxylic acid groups (broad SMARTS) is 1. The normalized spacial score (nSPS) is 15.8. The Kier molecular flexibility index (Phi) is 9.12. The summed E-state index contributed by atoms with van der Waals surface area (Å²) in [5.74, 6) is 6.44. The first kappa shape index (κ1) is 29.9. The van der Waals surface area contributed by atoms with E-state index in [4.69, 9.17) is 23.2 Å². The molecule has 0 amide bonds. The Morgan fingerprint density at radius 2 is 1.93 bits per heavy atom. The summed E-state index contributed by atoms with van der Waals surface area (Å²) >= 11 is 6.73. The third-order valence-corrected chi connectivity index (χ3v) is 9.06. The smallest absolute Gasteiger partial charge is 0.310 e. The summed E-state index contributed by atoms with van der Waals surface area (Å²) in [5.41, 5.74) is 10.0. The number of imidazole rings is 1. The molecule has 1 atom stereocenters. The quantitative estimate of drug-likeness (QED) is 0.165. The zero-order chi connectivity index (χ0) is 29.2. The zero-order valence-electron chi connectivity index (χ0n) is 24.3. The van der Waals surface area contributed by atoms with Crippen LogP contribution < -0.4 is 16.6 Å². The molecule has 9 heteroatoms. The van der Waals surface area contributed by atoms with Crippen LogP contribution >= 0.6 is 11.6 Å². The van der Waals surface area contributed by atoms with Crippen LogP contribution in [0.1, 0.15) is 74.0 Å². The van der Waals surface area contributed by atoms with Crippen molar-refractivity contribution >= 4 is 28.9 Å². The number of carbonyl (C=O) groups is 1. The third-order valence-electron chi connectivity index (χ3n) is 8.69. The van der Waals surface area contributed by atoms with E-state index < -0.39 is 17.3 Å². The molecule has 0 saturated carbocycles. The number of aliphatic carboxylic acids is 1. The van der Waals surface area contributed by atoms with Crippen LogP contribution in [0.3, 0.4) is 0 Å². The number of nitrogens with two attached hydrogens (primary N) is 2. The van der Waals surface area contributed by atoms with E-state index in [-0.39, 0.29) is 0 Å². The molecule has 4 rings (SSSR count). The van der Waals surface area contributed by atoms with Gasteiger partial charge in [-0.1, -0.05) is 43.1 Å². The van der Waals surface area contributed by atoms with Crippen LogP contribution in [0.5, 0.6) is 0 Å². The molecule has 0 aliphatic carbocycles. The molecular formula is C31H43ClN6O2. The second-order valence-corrected chi connectivity index (χ2v) is 12.1. The van der Waals surface area contributed by atoms with E-state index in [1.807, 2.05) is 49.6 Å². The molecular weight excluding hydrogens is 524 g/mol. The van der Waals surface area contributed by atoms with Crippen LogP contribution in [0.15, 0.2) is 42.7 Å². The fourth-order valence-electron chi connectivity index (χ4n) is 5.93. The minimum absolute atomic E-state index is 0.470. The number of aromatic nitrogens is 2. The van der Waals surface area contributed by atoms with E-state index >= 15 is 0 Å². The first-order valence-corrected chi connectivity index (χ1v) is 14.4. The number of nitrogen functional groups attached to an aromatic ring is 1. The topological polar surface area (TPSA) is 114 Å². The average Bonchev–Trinajstić information content (AvgIpc) is 3.34. The lowest BCUT2D eigenvalue weighted by atomic mass is 9.70. The van der Waals surface area contributed by atoms with Crippen molar-refractivity contribution in [3.8, 4) is 0 Å². The maximum absolute atomic E-state index is 12.6. The van der Waals surface area contributed by atoms with E-state index in [1.54, 1.807) is 20.9 Å². The van der Waals surface area contributed by atoms with Gasteiger partial charge < -0.3 is 20.4 Å². The lowest BCUT2D eigenvalue weighted by Crippen LogP contribution is -2.34. The van der Waals surface area contributed by atoms with Gasteiger partial charge >= 0.3 is 5.97 Å². The van der Waals surface area contributed by atoms with E-state index in [1.165, 1.54) is 24.3 Å². The van der Waals surface area contributed by atoms with Gasteiger partial charge in [-0.25, -0.2) is 10.8 Å². The van der Waals surface area contributed by atoms with Gasteiger partial charge in [0.2, 0.25) is 0 Å². The summed E-state index contributed by atoms with van der Waals surface area (Å²) in [6.07, 6.45) is 7.54. The molecule has 3 aromatic rings. The molecule has 0 spiro atoms. The van der Waals surface area contributed by atoms with Crippen molar-refractivity contribution in [2.24, 2.45) is 17.2 Å². The maximum atomic E-state index is 12.6. The van der Waals surface area contributed by atoms with Gasteiger partial charge in [0, 0.05) is 30.4 Å². The molecule has 40 heavy (non-hydrogen) atoms. The number of likely N-dealkylation sites (tertiary alicyclic amines) is 1. The number of hydrogen-bond donors (Lipinski definition) is 3. The molecule has 2 heterocycles. The number of carboxylic acids is 1. The highest BCUT2D eigenvalue weighted by molar-refractivity contribution is 6.31. The molecule has 5 N–H and O–H groups in total. The van der Waals surface area contributed by atoms with E-state index in [9.17, 15) is 9.90 Å². The Morgan fingerprint density at radius 1 is 1.23 bits per heavy atom. The summed E-state index contributed by atoms with van der Waals surface area (Å²) in [6, 6.07) is 9.60. The Morgan fingerprint density at radius 3 is 2.55 bits per heavy atom. The molecule has 2 aromatic carbocycles. The summed E-state index contributed by atoms with van der Waals surface area (Å²) in [6.45, 7) is 11.2. The molecule has 216 valence electrons. The average molecular weight is 567 g/mol. The summed E-state index contributed by atoms with van der Waals surface area (Å²) < 4.78 is 2.14. The number of benzene rings is 2. The molecule has 1 saturated heterocycles. The van der Waals surface area contributed by atoms with Gasteiger partial charge in [0.15, 0.2) is 0 Å². The Balaban J connectivity index is 1.68. The molecule has 1 aromatic heterocycles. The Bertz CT molecular complexity index is 1340. The molecule has 0 unspecified atom stereocenters. The van der Waals surface area contributed by atoms with Gasteiger partial charge in [-0.05, 0) is 87.0 Å². The largest absolute Gasteiger partial charge is 0.481 e. The predicted molar refractivity (Wildman–Crippen MR) is 163 cm³/mol. The molecule has 0 bridgehead atoms. The highest BCUT2D eigenvalue weighted by Crippen LogP contribution is 2.45. The van der Waals surface area contributed by atoms with Crippen molar-refractivity contribution in [3.05, 3.63) is 75.8 Å². The van der Waals surface area contributed by atoms with Crippen LogP contribution in [0, 0.1) is 18.3 Å². The van der Waals surface area contributed by atoms with E-state index in [2.05, 4.69) is 21.4 Å². The van der Waals surface area contributed by atoms with Gasteiger partial charge in [-0.3, -0.25) is 9.69 Å². The monoisotopic (exact) mass is 566 g/mol. The van der Waals surface area contributed by atoms with E-state index in [0.717, 1.165) is 53.6 Å². The number of hydrazine groups is 1.